The van der Waals surface area contributed by atoms with E-state index in [2.05, 4.69) is 57.4 Å². The van der Waals surface area contributed by atoms with E-state index in [0.717, 1.165) is 18.8 Å². The van der Waals surface area contributed by atoms with Crippen LogP contribution >= 0.6 is 0 Å². The molecule has 19 heavy (non-hydrogen) atoms. The minimum absolute atomic E-state index is 0.389. The normalized spacial score (nSPS) is 29.9. The molecule has 3 atom stereocenters. The summed E-state index contributed by atoms with van der Waals surface area (Å²) >= 11 is 0. The molecule has 106 valence electrons. The number of hydrogen-bond acceptors (Lipinski definition) is 2. The van der Waals surface area contributed by atoms with Gasteiger partial charge in [-0.3, -0.25) is 0 Å². The lowest BCUT2D eigenvalue weighted by atomic mass is 9.54. The Hall–Kier alpha value is -1.02. The Morgan fingerprint density at radius 2 is 1.95 bits per heavy atom. The van der Waals surface area contributed by atoms with Crippen molar-refractivity contribution in [3.8, 4) is 5.75 Å². The topological polar surface area (TPSA) is 21.3 Å². The maximum atomic E-state index is 5.65. The third kappa shape index (κ3) is 2.64. The van der Waals surface area contributed by atoms with E-state index in [1.165, 1.54) is 18.4 Å². The Balaban J connectivity index is 2.07. The number of nitrogens with one attached hydrogen (secondary N) is 1. The Kier molecular flexibility index (Phi) is 4.51. The SMILES string of the molecule is CCCOc1ccc(C2CC(NC)C2(C)CC)cc1. The molecule has 1 aromatic carbocycles. The summed E-state index contributed by atoms with van der Waals surface area (Å²) in [6.07, 6.45) is 3.52. The summed E-state index contributed by atoms with van der Waals surface area (Å²) in [5.74, 6) is 1.67. The minimum atomic E-state index is 0.389. The first kappa shape index (κ1) is 14.4. The molecule has 1 aromatic rings. The molecule has 1 N–H and O–H groups in total. The molecule has 1 fully saturated rings. The Bertz CT molecular complexity index is 400. The van der Waals surface area contributed by atoms with Crippen molar-refractivity contribution in [1.82, 2.24) is 5.32 Å². The van der Waals surface area contributed by atoms with Gasteiger partial charge in [-0.2, -0.15) is 0 Å². The molecule has 0 amide bonds. The predicted molar refractivity (Wildman–Crippen MR) is 80.8 cm³/mol. The first-order valence-electron chi connectivity index (χ1n) is 7.55. The summed E-state index contributed by atoms with van der Waals surface area (Å²) in [5.41, 5.74) is 1.85. The molecule has 0 radical (unpaired) electrons. The second-order valence-corrected chi connectivity index (χ2v) is 5.91. The number of hydrogen-bond donors (Lipinski definition) is 1. The van der Waals surface area contributed by atoms with Crippen molar-refractivity contribution in [3.05, 3.63) is 29.8 Å². The van der Waals surface area contributed by atoms with Gasteiger partial charge in [0.2, 0.25) is 0 Å². The Morgan fingerprint density at radius 1 is 1.26 bits per heavy atom. The number of rotatable bonds is 6. The first-order valence-corrected chi connectivity index (χ1v) is 7.55. The molecule has 3 unspecified atom stereocenters. The average molecular weight is 261 g/mol. The largest absolute Gasteiger partial charge is 0.494 e. The van der Waals surface area contributed by atoms with Gasteiger partial charge in [0.05, 0.1) is 6.61 Å². The monoisotopic (exact) mass is 261 g/mol. The lowest BCUT2D eigenvalue weighted by Crippen LogP contribution is -2.55. The van der Waals surface area contributed by atoms with E-state index in [-0.39, 0.29) is 0 Å². The van der Waals surface area contributed by atoms with Gasteiger partial charge < -0.3 is 10.1 Å². The van der Waals surface area contributed by atoms with Gasteiger partial charge in [-0.15, -0.1) is 0 Å². The zero-order chi connectivity index (χ0) is 13.9. The molecule has 0 saturated heterocycles. The average Bonchev–Trinajstić information content (AvgIpc) is 2.44. The standard InChI is InChI=1S/C17H27NO/c1-5-11-19-14-9-7-13(8-10-14)15-12-16(18-4)17(15,3)6-2/h7-10,15-16,18H,5-6,11-12H2,1-4H3. The second-order valence-electron chi connectivity index (χ2n) is 5.91. The molecule has 2 heteroatoms. The van der Waals surface area contributed by atoms with E-state index in [1.54, 1.807) is 0 Å². The van der Waals surface area contributed by atoms with Crippen molar-refractivity contribution in [2.24, 2.45) is 5.41 Å². The molecule has 0 aromatic heterocycles. The van der Waals surface area contributed by atoms with Crippen LogP contribution in [0, 0.1) is 5.41 Å². The maximum Gasteiger partial charge on any atom is 0.119 e. The van der Waals surface area contributed by atoms with Gasteiger partial charge in [0, 0.05) is 6.04 Å². The fourth-order valence-corrected chi connectivity index (χ4v) is 3.33. The molecule has 0 aliphatic heterocycles. The van der Waals surface area contributed by atoms with Gasteiger partial charge in [0.1, 0.15) is 5.75 Å². The Morgan fingerprint density at radius 3 is 2.47 bits per heavy atom. The van der Waals surface area contributed by atoms with Crippen LogP contribution in [-0.4, -0.2) is 19.7 Å². The van der Waals surface area contributed by atoms with Crippen LogP contribution in [0.4, 0.5) is 0 Å². The van der Waals surface area contributed by atoms with Gasteiger partial charge >= 0.3 is 0 Å². The van der Waals surface area contributed by atoms with E-state index in [1.807, 2.05) is 0 Å². The van der Waals surface area contributed by atoms with Gasteiger partial charge in [-0.25, -0.2) is 0 Å². The number of benzene rings is 1. The zero-order valence-electron chi connectivity index (χ0n) is 12.7. The van der Waals surface area contributed by atoms with Gasteiger partial charge in [-0.05, 0) is 55.3 Å². The zero-order valence-corrected chi connectivity index (χ0v) is 12.7. The van der Waals surface area contributed by atoms with E-state index in [4.69, 9.17) is 4.74 Å². The predicted octanol–water partition coefficient (Wildman–Crippen LogP) is 3.97. The van der Waals surface area contributed by atoms with Gasteiger partial charge in [-0.1, -0.05) is 32.9 Å². The molecule has 2 nitrogen and oxygen atoms in total. The van der Waals surface area contributed by atoms with Crippen LogP contribution in [-0.2, 0) is 0 Å². The fourth-order valence-electron chi connectivity index (χ4n) is 3.33. The molecule has 1 aliphatic rings. The molecular weight excluding hydrogens is 234 g/mol. The Labute approximate surface area is 117 Å². The van der Waals surface area contributed by atoms with E-state index in [0.29, 0.717) is 17.4 Å². The summed E-state index contributed by atoms with van der Waals surface area (Å²) in [6.45, 7) is 7.64. The third-order valence-corrected chi connectivity index (χ3v) is 4.93. The second kappa shape index (κ2) is 5.96. The third-order valence-electron chi connectivity index (χ3n) is 4.93. The van der Waals surface area contributed by atoms with E-state index >= 15 is 0 Å². The summed E-state index contributed by atoms with van der Waals surface area (Å²) in [7, 11) is 2.08. The lowest BCUT2D eigenvalue weighted by molar-refractivity contribution is 0.0495. The van der Waals surface area contributed by atoms with Crippen LogP contribution < -0.4 is 10.1 Å². The smallest absolute Gasteiger partial charge is 0.119 e. The summed E-state index contributed by atoms with van der Waals surface area (Å²) in [4.78, 5) is 0. The van der Waals surface area contributed by atoms with Crippen LogP contribution in [0.15, 0.2) is 24.3 Å². The molecular formula is C17H27NO. The number of ether oxygens (including phenoxy) is 1. The highest BCUT2D eigenvalue weighted by Crippen LogP contribution is 2.54. The molecule has 0 heterocycles. The van der Waals surface area contributed by atoms with Crippen molar-refractivity contribution in [2.75, 3.05) is 13.7 Å². The van der Waals surface area contributed by atoms with Crippen LogP contribution in [0.2, 0.25) is 0 Å². The van der Waals surface area contributed by atoms with Crippen LogP contribution in [0.5, 0.6) is 5.75 Å². The van der Waals surface area contributed by atoms with E-state index < -0.39 is 0 Å². The molecule has 0 spiro atoms. The maximum absolute atomic E-state index is 5.65. The van der Waals surface area contributed by atoms with Crippen molar-refractivity contribution in [1.29, 1.82) is 0 Å². The molecule has 0 bridgehead atoms. The van der Waals surface area contributed by atoms with Crippen molar-refractivity contribution >= 4 is 0 Å². The molecule has 1 aliphatic carbocycles. The van der Waals surface area contributed by atoms with E-state index in [9.17, 15) is 0 Å². The highest BCUT2D eigenvalue weighted by Gasteiger charge is 2.49. The molecule has 1 saturated carbocycles. The first-order chi connectivity index (χ1) is 9.15. The van der Waals surface area contributed by atoms with Crippen LogP contribution in [0.3, 0.4) is 0 Å². The van der Waals surface area contributed by atoms with Crippen molar-refractivity contribution < 1.29 is 4.74 Å². The van der Waals surface area contributed by atoms with Crippen molar-refractivity contribution in [2.45, 2.75) is 52.0 Å². The summed E-state index contributed by atoms with van der Waals surface area (Å²) in [6, 6.07) is 9.38. The highest BCUT2D eigenvalue weighted by atomic mass is 16.5. The fraction of sp³-hybridized carbons (Fsp3) is 0.647. The highest BCUT2D eigenvalue weighted by molar-refractivity contribution is 5.33. The lowest BCUT2D eigenvalue weighted by Gasteiger charge is -2.54. The summed E-state index contributed by atoms with van der Waals surface area (Å²) < 4.78 is 5.65. The molecule has 2 rings (SSSR count). The quantitative estimate of drug-likeness (QED) is 0.836. The van der Waals surface area contributed by atoms with Crippen LogP contribution in [0.1, 0.15) is 51.5 Å². The summed E-state index contributed by atoms with van der Waals surface area (Å²) in [5, 5.41) is 3.46. The van der Waals surface area contributed by atoms with Gasteiger partial charge in [0.25, 0.3) is 0 Å². The van der Waals surface area contributed by atoms with Crippen LogP contribution in [0.25, 0.3) is 0 Å². The van der Waals surface area contributed by atoms with Crippen molar-refractivity contribution in [3.63, 3.8) is 0 Å². The van der Waals surface area contributed by atoms with Gasteiger partial charge in [0.15, 0.2) is 0 Å². The minimum Gasteiger partial charge on any atom is -0.494 e.